The molecule has 0 spiro atoms. The van der Waals surface area contributed by atoms with E-state index in [1.54, 1.807) is 11.8 Å². The monoisotopic (exact) mass is 220 g/mol. The molecule has 1 aromatic carbocycles. The van der Waals surface area contributed by atoms with E-state index < -0.39 is 0 Å². The van der Waals surface area contributed by atoms with Crippen molar-refractivity contribution in [1.29, 1.82) is 0 Å². The molecule has 15 heavy (non-hydrogen) atoms. The maximum atomic E-state index is 6.03. The van der Waals surface area contributed by atoms with Crippen LogP contribution in [0.15, 0.2) is 41.4 Å². The summed E-state index contributed by atoms with van der Waals surface area (Å²) in [6, 6.07) is 10.4. The summed E-state index contributed by atoms with van der Waals surface area (Å²) in [7, 11) is 0. The minimum atomic E-state index is 0.0835. The third kappa shape index (κ3) is 2.55. The van der Waals surface area contributed by atoms with E-state index in [0.29, 0.717) is 0 Å². The molecule has 1 aliphatic rings. The van der Waals surface area contributed by atoms with Gasteiger partial charge in [0.1, 0.15) is 5.50 Å². The van der Waals surface area contributed by atoms with E-state index in [0.717, 1.165) is 13.0 Å². The van der Waals surface area contributed by atoms with Crippen molar-refractivity contribution in [1.82, 2.24) is 4.90 Å². The first-order chi connectivity index (χ1) is 7.29. The minimum absolute atomic E-state index is 0.0835. The topological polar surface area (TPSA) is 29.3 Å². The van der Waals surface area contributed by atoms with Crippen LogP contribution in [0.4, 0.5) is 0 Å². The first kappa shape index (κ1) is 10.6. The zero-order valence-electron chi connectivity index (χ0n) is 8.89. The van der Waals surface area contributed by atoms with Gasteiger partial charge < -0.3 is 10.6 Å². The van der Waals surface area contributed by atoms with Crippen LogP contribution in [-0.4, -0.2) is 10.4 Å². The Labute approximate surface area is 95.1 Å². The molecular weight excluding hydrogens is 204 g/mol. The molecule has 1 aromatic rings. The fraction of sp³-hybridized carbons (Fsp3) is 0.333. The van der Waals surface area contributed by atoms with Crippen LogP contribution in [0.5, 0.6) is 0 Å². The lowest BCUT2D eigenvalue weighted by Crippen LogP contribution is -2.31. The number of hydrogen-bond acceptors (Lipinski definition) is 3. The average molecular weight is 220 g/mol. The van der Waals surface area contributed by atoms with E-state index in [9.17, 15) is 0 Å². The molecule has 2 nitrogen and oxygen atoms in total. The smallest absolute Gasteiger partial charge is 0.129 e. The second-order valence-corrected chi connectivity index (χ2v) is 4.86. The van der Waals surface area contributed by atoms with Crippen molar-refractivity contribution in [2.24, 2.45) is 5.73 Å². The third-order valence-electron chi connectivity index (χ3n) is 2.47. The number of thioether (sulfide) groups is 1. The van der Waals surface area contributed by atoms with Crippen LogP contribution >= 0.6 is 11.8 Å². The molecule has 0 amide bonds. The summed E-state index contributed by atoms with van der Waals surface area (Å²) < 4.78 is 0. The fourth-order valence-corrected chi connectivity index (χ4v) is 2.56. The molecule has 3 heteroatoms. The molecule has 1 aliphatic heterocycles. The van der Waals surface area contributed by atoms with Gasteiger partial charge in [-0.05, 0) is 12.0 Å². The second-order valence-electron chi connectivity index (χ2n) is 3.62. The summed E-state index contributed by atoms with van der Waals surface area (Å²) in [5.74, 6) is 0. The van der Waals surface area contributed by atoms with Gasteiger partial charge >= 0.3 is 0 Å². The molecular formula is C12H16N2S. The summed E-state index contributed by atoms with van der Waals surface area (Å²) in [6.45, 7) is 3.07. The standard InChI is InChI=1S/C12H16N2S/c1-2-11-9-14(12(13)15-11)8-10-6-4-3-5-7-10/h3-7,9,12H,2,8,13H2,1H3. The summed E-state index contributed by atoms with van der Waals surface area (Å²) in [6.07, 6.45) is 3.26. The number of nitrogens with two attached hydrogens (primary N) is 1. The van der Waals surface area contributed by atoms with Gasteiger partial charge in [-0.3, -0.25) is 0 Å². The van der Waals surface area contributed by atoms with Gasteiger partial charge in [-0.2, -0.15) is 0 Å². The highest BCUT2D eigenvalue weighted by molar-refractivity contribution is 8.03. The Bertz CT molecular complexity index is 348. The molecule has 80 valence electrons. The Morgan fingerprint density at radius 2 is 2.07 bits per heavy atom. The number of benzene rings is 1. The maximum absolute atomic E-state index is 6.03. The Morgan fingerprint density at radius 1 is 1.33 bits per heavy atom. The van der Waals surface area contributed by atoms with Crippen molar-refractivity contribution in [2.75, 3.05) is 0 Å². The molecule has 0 fully saturated rings. The molecule has 0 radical (unpaired) electrons. The van der Waals surface area contributed by atoms with E-state index in [4.69, 9.17) is 5.73 Å². The third-order valence-corrected chi connectivity index (χ3v) is 3.67. The summed E-state index contributed by atoms with van der Waals surface area (Å²) in [5.41, 5.74) is 7.42. The highest BCUT2D eigenvalue weighted by Crippen LogP contribution is 2.32. The number of rotatable bonds is 3. The molecule has 0 saturated heterocycles. The number of hydrogen-bond donors (Lipinski definition) is 1. The largest absolute Gasteiger partial charge is 0.348 e. The Morgan fingerprint density at radius 3 is 2.67 bits per heavy atom. The molecule has 2 N–H and O–H groups in total. The Balaban J connectivity index is 2.04. The van der Waals surface area contributed by atoms with E-state index >= 15 is 0 Å². The van der Waals surface area contributed by atoms with Crippen LogP contribution in [0.25, 0.3) is 0 Å². The highest BCUT2D eigenvalue weighted by atomic mass is 32.2. The van der Waals surface area contributed by atoms with Crippen LogP contribution in [0, 0.1) is 0 Å². The van der Waals surface area contributed by atoms with Crippen LogP contribution in [-0.2, 0) is 6.54 Å². The maximum Gasteiger partial charge on any atom is 0.129 e. The molecule has 1 heterocycles. The number of nitrogens with zero attached hydrogens (tertiary/aromatic N) is 1. The van der Waals surface area contributed by atoms with Gasteiger partial charge in [0.25, 0.3) is 0 Å². The lowest BCUT2D eigenvalue weighted by atomic mass is 10.2. The molecule has 1 unspecified atom stereocenters. The van der Waals surface area contributed by atoms with Crippen LogP contribution in [0.1, 0.15) is 18.9 Å². The van der Waals surface area contributed by atoms with Crippen LogP contribution < -0.4 is 5.73 Å². The molecule has 0 saturated carbocycles. The van der Waals surface area contributed by atoms with Gasteiger partial charge in [0, 0.05) is 17.6 Å². The zero-order chi connectivity index (χ0) is 10.7. The quantitative estimate of drug-likeness (QED) is 0.849. The van der Waals surface area contributed by atoms with E-state index in [1.807, 2.05) is 6.07 Å². The van der Waals surface area contributed by atoms with Gasteiger partial charge in [0.05, 0.1) is 0 Å². The first-order valence-corrected chi connectivity index (χ1v) is 6.10. The summed E-state index contributed by atoms with van der Waals surface area (Å²) >= 11 is 1.76. The first-order valence-electron chi connectivity index (χ1n) is 5.22. The molecule has 0 bridgehead atoms. The predicted molar refractivity (Wildman–Crippen MR) is 65.9 cm³/mol. The summed E-state index contributed by atoms with van der Waals surface area (Å²) in [5, 5.41) is 0. The summed E-state index contributed by atoms with van der Waals surface area (Å²) in [4.78, 5) is 3.57. The van der Waals surface area contributed by atoms with Gasteiger partial charge in [-0.15, -0.1) is 0 Å². The van der Waals surface area contributed by atoms with E-state index in [-0.39, 0.29) is 5.50 Å². The highest BCUT2D eigenvalue weighted by Gasteiger charge is 2.20. The predicted octanol–water partition coefficient (Wildman–Crippen LogP) is 2.73. The normalized spacial score (nSPS) is 20.5. The van der Waals surface area contributed by atoms with Crippen molar-refractivity contribution < 1.29 is 0 Å². The Kier molecular flexibility index (Phi) is 3.34. The average Bonchev–Trinajstić information content (AvgIpc) is 2.61. The minimum Gasteiger partial charge on any atom is -0.348 e. The van der Waals surface area contributed by atoms with Crippen LogP contribution in [0.3, 0.4) is 0 Å². The van der Waals surface area contributed by atoms with Crippen molar-refractivity contribution in [3.63, 3.8) is 0 Å². The van der Waals surface area contributed by atoms with Gasteiger partial charge in [0.15, 0.2) is 0 Å². The Hall–Kier alpha value is -0.930. The molecule has 0 aromatic heterocycles. The van der Waals surface area contributed by atoms with Gasteiger partial charge in [-0.1, -0.05) is 49.0 Å². The van der Waals surface area contributed by atoms with Gasteiger partial charge in [0.2, 0.25) is 0 Å². The fourth-order valence-electron chi connectivity index (χ4n) is 1.62. The van der Waals surface area contributed by atoms with Crippen molar-refractivity contribution in [2.45, 2.75) is 25.4 Å². The lowest BCUT2D eigenvalue weighted by molar-refractivity contribution is 0.359. The van der Waals surface area contributed by atoms with E-state index in [2.05, 4.69) is 42.3 Å². The van der Waals surface area contributed by atoms with Crippen molar-refractivity contribution >= 4 is 11.8 Å². The number of allylic oxidation sites excluding steroid dienone is 1. The molecule has 1 atom stereocenters. The SMILES string of the molecule is CCC1=CN(Cc2ccccc2)C(N)S1. The zero-order valence-corrected chi connectivity index (χ0v) is 9.70. The molecule has 2 rings (SSSR count). The van der Waals surface area contributed by atoms with Crippen molar-refractivity contribution in [3.8, 4) is 0 Å². The van der Waals surface area contributed by atoms with Crippen molar-refractivity contribution in [3.05, 3.63) is 47.0 Å². The second kappa shape index (κ2) is 4.73. The van der Waals surface area contributed by atoms with Crippen LogP contribution in [0.2, 0.25) is 0 Å². The lowest BCUT2D eigenvalue weighted by Gasteiger charge is -2.20. The van der Waals surface area contributed by atoms with Gasteiger partial charge in [-0.25, -0.2) is 0 Å². The molecule has 0 aliphatic carbocycles. The van der Waals surface area contributed by atoms with E-state index in [1.165, 1.54) is 10.5 Å².